The van der Waals surface area contributed by atoms with Crippen LogP contribution in [0.5, 0.6) is 0 Å². The Hall–Kier alpha value is -0.720. The van der Waals surface area contributed by atoms with Crippen LogP contribution < -0.4 is 0 Å². The normalized spacial score (nSPS) is 10.9. The van der Waals surface area contributed by atoms with E-state index in [2.05, 4.69) is 32.8 Å². The zero-order valence-corrected chi connectivity index (χ0v) is 8.41. The molecule has 0 atom stereocenters. The van der Waals surface area contributed by atoms with Gasteiger partial charge in [0.15, 0.2) is 11.5 Å². The fourth-order valence-electron chi connectivity index (χ4n) is 1.03. The highest BCUT2D eigenvalue weighted by Gasteiger charge is 2.06. The summed E-state index contributed by atoms with van der Waals surface area (Å²) in [5, 5.41) is 7.46. The fourth-order valence-corrected chi connectivity index (χ4v) is 1.58. The van der Waals surface area contributed by atoms with Crippen molar-refractivity contribution in [2.75, 3.05) is 0 Å². The number of pyridine rings is 1. The molecule has 0 spiro atoms. The Balaban J connectivity index is 2.92. The summed E-state index contributed by atoms with van der Waals surface area (Å²) in [6.07, 6.45) is 1.80. The van der Waals surface area contributed by atoms with E-state index in [1.165, 1.54) is 6.07 Å². The topological polar surface area (TPSA) is 30.2 Å². The van der Waals surface area contributed by atoms with Gasteiger partial charge in [0, 0.05) is 9.77 Å². The van der Waals surface area contributed by atoms with Gasteiger partial charge in [-0.15, -0.1) is 10.2 Å². The van der Waals surface area contributed by atoms with E-state index in [-0.39, 0.29) is 11.5 Å². The van der Waals surface area contributed by atoms with Gasteiger partial charge in [0.2, 0.25) is 0 Å². The lowest BCUT2D eigenvalue weighted by Gasteiger charge is -1.96. The maximum atomic E-state index is 13.1. The molecule has 0 radical (unpaired) electrons. The SMILES string of the molecule is Cc1nnc2c(F)cc(I)cn12. The third-order valence-corrected chi connectivity index (χ3v) is 2.19. The molecule has 12 heavy (non-hydrogen) atoms. The lowest BCUT2D eigenvalue weighted by Crippen LogP contribution is -1.92. The molecular formula is C7H5FIN3. The number of rotatable bonds is 0. The molecule has 0 amide bonds. The molecule has 0 aliphatic rings. The van der Waals surface area contributed by atoms with Crippen molar-refractivity contribution in [2.24, 2.45) is 0 Å². The fraction of sp³-hybridized carbons (Fsp3) is 0.143. The van der Waals surface area contributed by atoms with Gasteiger partial charge < -0.3 is 0 Å². The van der Waals surface area contributed by atoms with E-state index >= 15 is 0 Å². The minimum absolute atomic E-state index is 0.285. The highest BCUT2D eigenvalue weighted by atomic mass is 127. The van der Waals surface area contributed by atoms with Crippen molar-refractivity contribution in [1.82, 2.24) is 14.6 Å². The summed E-state index contributed by atoms with van der Waals surface area (Å²) in [7, 11) is 0. The number of hydrogen-bond donors (Lipinski definition) is 0. The van der Waals surface area contributed by atoms with Crippen molar-refractivity contribution in [1.29, 1.82) is 0 Å². The van der Waals surface area contributed by atoms with Crippen LogP contribution in [0.15, 0.2) is 12.3 Å². The monoisotopic (exact) mass is 277 g/mol. The molecular weight excluding hydrogens is 272 g/mol. The first-order chi connectivity index (χ1) is 5.68. The zero-order chi connectivity index (χ0) is 8.72. The van der Waals surface area contributed by atoms with Gasteiger partial charge in [-0.05, 0) is 35.6 Å². The van der Waals surface area contributed by atoms with Crippen molar-refractivity contribution in [3.05, 3.63) is 27.5 Å². The first kappa shape index (κ1) is 7.90. The van der Waals surface area contributed by atoms with E-state index in [1.807, 2.05) is 0 Å². The summed E-state index contributed by atoms with van der Waals surface area (Å²) >= 11 is 2.05. The van der Waals surface area contributed by atoms with Crippen LogP contribution in [0.2, 0.25) is 0 Å². The van der Waals surface area contributed by atoms with Crippen molar-refractivity contribution >= 4 is 28.2 Å². The van der Waals surface area contributed by atoms with E-state index in [9.17, 15) is 4.39 Å². The average Bonchev–Trinajstić information content (AvgIpc) is 2.33. The summed E-state index contributed by atoms with van der Waals surface area (Å²) in [5.74, 6) is 0.366. The van der Waals surface area contributed by atoms with Crippen molar-refractivity contribution in [3.63, 3.8) is 0 Å². The molecule has 2 aromatic rings. The molecule has 0 saturated heterocycles. The van der Waals surface area contributed by atoms with Crippen LogP contribution in [0.4, 0.5) is 4.39 Å². The van der Waals surface area contributed by atoms with Crippen LogP contribution in [-0.4, -0.2) is 14.6 Å². The Bertz CT molecular complexity index is 437. The summed E-state index contributed by atoms with van der Waals surface area (Å²) < 4.78 is 15.6. The lowest BCUT2D eigenvalue weighted by atomic mass is 10.4. The Morgan fingerprint density at radius 1 is 1.50 bits per heavy atom. The molecule has 0 aromatic carbocycles. The lowest BCUT2D eigenvalue weighted by molar-refractivity contribution is 0.628. The van der Waals surface area contributed by atoms with Crippen LogP contribution in [-0.2, 0) is 0 Å². The Morgan fingerprint density at radius 2 is 2.25 bits per heavy atom. The molecule has 0 N–H and O–H groups in total. The maximum Gasteiger partial charge on any atom is 0.196 e. The predicted octanol–water partition coefficient (Wildman–Crippen LogP) is 1.78. The number of aryl methyl sites for hydroxylation is 1. The molecule has 2 heterocycles. The van der Waals surface area contributed by atoms with Gasteiger partial charge >= 0.3 is 0 Å². The van der Waals surface area contributed by atoms with E-state index in [1.54, 1.807) is 17.5 Å². The van der Waals surface area contributed by atoms with Crippen molar-refractivity contribution < 1.29 is 4.39 Å². The molecule has 2 aromatic heterocycles. The summed E-state index contributed by atoms with van der Waals surface area (Å²) in [4.78, 5) is 0. The smallest absolute Gasteiger partial charge is 0.196 e. The maximum absolute atomic E-state index is 13.1. The molecule has 0 unspecified atom stereocenters. The largest absolute Gasteiger partial charge is 0.283 e. The second-order valence-corrected chi connectivity index (χ2v) is 3.69. The first-order valence-corrected chi connectivity index (χ1v) is 4.43. The number of halogens is 2. The highest BCUT2D eigenvalue weighted by Crippen LogP contribution is 2.12. The molecule has 5 heteroatoms. The number of nitrogens with zero attached hydrogens (tertiary/aromatic N) is 3. The quantitative estimate of drug-likeness (QED) is 0.687. The van der Waals surface area contributed by atoms with Gasteiger partial charge in [0.05, 0.1) is 0 Å². The summed E-state index contributed by atoms with van der Waals surface area (Å²) in [6, 6.07) is 1.43. The van der Waals surface area contributed by atoms with E-state index in [4.69, 9.17) is 0 Å². The van der Waals surface area contributed by atoms with Gasteiger partial charge in [0.1, 0.15) is 5.82 Å². The Labute approximate surface area is 81.7 Å². The Morgan fingerprint density at radius 3 is 3.00 bits per heavy atom. The Kier molecular flexibility index (Phi) is 1.75. The van der Waals surface area contributed by atoms with Gasteiger partial charge in [-0.3, -0.25) is 4.40 Å². The second-order valence-electron chi connectivity index (χ2n) is 2.45. The third kappa shape index (κ3) is 1.08. The standard InChI is InChI=1S/C7H5FIN3/c1-4-10-11-7-6(8)2-5(9)3-12(4)7/h2-3H,1H3. The summed E-state index contributed by atoms with van der Waals surface area (Å²) in [5.41, 5.74) is 0.285. The first-order valence-electron chi connectivity index (χ1n) is 3.35. The van der Waals surface area contributed by atoms with Gasteiger partial charge in [-0.2, -0.15) is 0 Å². The molecule has 0 bridgehead atoms. The number of fused-ring (bicyclic) bond motifs is 1. The predicted molar refractivity (Wildman–Crippen MR) is 50.4 cm³/mol. The van der Waals surface area contributed by atoms with Crippen LogP contribution in [0.25, 0.3) is 5.65 Å². The van der Waals surface area contributed by atoms with Gasteiger partial charge in [-0.25, -0.2) is 4.39 Å². The minimum Gasteiger partial charge on any atom is -0.283 e. The average molecular weight is 277 g/mol. The highest BCUT2D eigenvalue weighted by molar-refractivity contribution is 14.1. The van der Waals surface area contributed by atoms with Gasteiger partial charge in [0.25, 0.3) is 0 Å². The molecule has 0 fully saturated rings. The zero-order valence-electron chi connectivity index (χ0n) is 6.25. The van der Waals surface area contributed by atoms with E-state index in [0.717, 1.165) is 3.57 Å². The van der Waals surface area contributed by atoms with Gasteiger partial charge in [-0.1, -0.05) is 0 Å². The van der Waals surface area contributed by atoms with Crippen LogP contribution >= 0.6 is 22.6 Å². The third-order valence-electron chi connectivity index (χ3n) is 1.60. The molecule has 0 aliphatic carbocycles. The second kappa shape index (κ2) is 2.65. The molecule has 0 aliphatic heterocycles. The van der Waals surface area contributed by atoms with E-state index in [0.29, 0.717) is 5.82 Å². The van der Waals surface area contributed by atoms with Crippen molar-refractivity contribution in [2.45, 2.75) is 6.92 Å². The minimum atomic E-state index is -0.331. The molecule has 2 rings (SSSR count). The number of aromatic nitrogens is 3. The van der Waals surface area contributed by atoms with Crippen LogP contribution in [0.3, 0.4) is 0 Å². The van der Waals surface area contributed by atoms with Crippen LogP contribution in [0, 0.1) is 16.3 Å². The summed E-state index contributed by atoms with van der Waals surface area (Å²) in [6.45, 7) is 1.79. The van der Waals surface area contributed by atoms with Crippen LogP contribution in [0.1, 0.15) is 5.82 Å². The van der Waals surface area contributed by atoms with Crippen molar-refractivity contribution in [3.8, 4) is 0 Å². The van der Waals surface area contributed by atoms with E-state index < -0.39 is 0 Å². The molecule has 0 saturated carbocycles. The molecule has 3 nitrogen and oxygen atoms in total. The molecule has 62 valence electrons. The number of hydrogen-bond acceptors (Lipinski definition) is 2.